The van der Waals surface area contributed by atoms with Crippen LogP contribution in [0.25, 0.3) is 0 Å². The van der Waals surface area contributed by atoms with E-state index in [-0.39, 0.29) is 17.2 Å². The molecule has 0 radical (unpaired) electrons. The predicted octanol–water partition coefficient (Wildman–Crippen LogP) is 5.30. The first-order valence-corrected chi connectivity index (χ1v) is 8.31. The summed E-state index contributed by atoms with van der Waals surface area (Å²) >= 11 is 0. The minimum atomic E-state index is -0.325. The number of carbonyl (C=O) groups is 1. The number of carbonyl (C=O) groups excluding carboxylic acids is 1. The second kappa shape index (κ2) is 6.48. The van der Waals surface area contributed by atoms with Crippen LogP contribution in [0, 0.1) is 5.41 Å². The van der Waals surface area contributed by atoms with E-state index in [1.54, 1.807) is 0 Å². The van der Waals surface area contributed by atoms with Crippen LogP contribution in [0.1, 0.15) is 20.8 Å². The molecule has 0 aliphatic heterocycles. The van der Waals surface area contributed by atoms with E-state index in [4.69, 9.17) is 0 Å². The highest BCUT2D eigenvalue weighted by Gasteiger charge is 2.34. The Kier molecular flexibility index (Phi) is 4.39. The quantitative estimate of drug-likeness (QED) is 0.765. The molecule has 0 saturated carbocycles. The number of anilines is 2. The van der Waals surface area contributed by atoms with Crippen molar-refractivity contribution in [2.45, 2.75) is 26.8 Å². The van der Waals surface area contributed by atoms with Crippen molar-refractivity contribution < 1.29 is 4.79 Å². The lowest BCUT2D eigenvalue weighted by atomic mass is 9.79. The number of benzene rings is 2. The van der Waals surface area contributed by atoms with E-state index in [9.17, 15) is 4.79 Å². The Morgan fingerprint density at radius 1 is 0.833 bits per heavy atom. The van der Waals surface area contributed by atoms with Gasteiger partial charge >= 0.3 is 0 Å². The molecule has 0 bridgehead atoms. The third-order valence-electron chi connectivity index (χ3n) is 4.25. The van der Waals surface area contributed by atoms with E-state index in [1.807, 2.05) is 78.9 Å². The van der Waals surface area contributed by atoms with Gasteiger partial charge in [-0.15, -0.1) is 0 Å². The third-order valence-corrected chi connectivity index (χ3v) is 4.25. The number of hydrogen-bond donors (Lipinski definition) is 0. The molecule has 1 aliphatic rings. The molecule has 1 atom stereocenters. The molecule has 2 aromatic rings. The molecule has 1 unspecified atom stereocenters. The fourth-order valence-corrected chi connectivity index (χ4v) is 3.06. The van der Waals surface area contributed by atoms with Gasteiger partial charge in [0.2, 0.25) is 0 Å². The average molecular weight is 317 g/mol. The predicted molar refractivity (Wildman–Crippen MR) is 100 cm³/mol. The second-order valence-corrected chi connectivity index (χ2v) is 7.07. The van der Waals surface area contributed by atoms with Gasteiger partial charge in [-0.1, -0.05) is 75.4 Å². The van der Waals surface area contributed by atoms with Crippen LogP contribution in [-0.4, -0.2) is 11.8 Å². The van der Waals surface area contributed by atoms with Crippen molar-refractivity contribution in [3.63, 3.8) is 0 Å². The van der Waals surface area contributed by atoms with Crippen LogP contribution < -0.4 is 4.90 Å². The highest BCUT2D eigenvalue weighted by atomic mass is 16.1. The van der Waals surface area contributed by atoms with Gasteiger partial charge in [0.15, 0.2) is 5.78 Å². The zero-order valence-electron chi connectivity index (χ0n) is 14.4. The van der Waals surface area contributed by atoms with Crippen molar-refractivity contribution in [2.24, 2.45) is 5.41 Å². The summed E-state index contributed by atoms with van der Waals surface area (Å²) in [7, 11) is 0. The molecule has 2 nitrogen and oxygen atoms in total. The molecule has 0 N–H and O–H groups in total. The Morgan fingerprint density at radius 2 is 1.33 bits per heavy atom. The van der Waals surface area contributed by atoms with Crippen LogP contribution in [0.5, 0.6) is 0 Å². The van der Waals surface area contributed by atoms with Gasteiger partial charge in [-0.3, -0.25) is 4.79 Å². The monoisotopic (exact) mass is 317 g/mol. The zero-order valence-corrected chi connectivity index (χ0v) is 14.4. The first kappa shape index (κ1) is 16.3. The summed E-state index contributed by atoms with van der Waals surface area (Å²) in [5.41, 5.74) is 2.73. The molecule has 3 rings (SSSR count). The van der Waals surface area contributed by atoms with E-state index in [0.717, 1.165) is 16.9 Å². The van der Waals surface area contributed by atoms with E-state index >= 15 is 0 Å². The van der Waals surface area contributed by atoms with Crippen LogP contribution in [0.3, 0.4) is 0 Å². The number of allylic oxidation sites excluding steroid dienone is 2. The minimum absolute atomic E-state index is 0.165. The number of nitrogens with zero attached hydrogens (tertiary/aromatic N) is 1. The molecule has 2 aromatic carbocycles. The fourth-order valence-electron chi connectivity index (χ4n) is 3.06. The summed E-state index contributed by atoms with van der Waals surface area (Å²) in [5, 5.41) is 0. The smallest absolute Gasteiger partial charge is 0.186 e. The van der Waals surface area contributed by atoms with Crippen molar-refractivity contribution in [1.29, 1.82) is 0 Å². The van der Waals surface area contributed by atoms with Crippen LogP contribution in [-0.2, 0) is 4.79 Å². The fraction of sp³-hybridized carbons (Fsp3) is 0.227. The summed E-state index contributed by atoms with van der Waals surface area (Å²) in [6.45, 7) is 6.26. The van der Waals surface area contributed by atoms with Crippen molar-refractivity contribution in [3.05, 3.63) is 84.5 Å². The van der Waals surface area contributed by atoms with Crippen LogP contribution in [0.2, 0.25) is 0 Å². The summed E-state index contributed by atoms with van der Waals surface area (Å²) in [6, 6.07) is 19.8. The summed E-state index contributed by atoms with van der Waals surface area (Å²) in [4.78, 5) is 15.3. The molecule has 122 valence electrons. The van der Waals surface area contributed by atoms with Gasteiger partial charge in [0.1, 0.15) is 6.04 Å². The van der Waals surface area contributed by atoms with Gasteiger partial charge in [-0.05, 0) is 29.7 Å². The number of rotatable bonds is 3. The van der Waals surface area contributed by atoms with E-state index in [0.29, 0.717) is 0 Å². The summed E-state index contributed by atoms with van der Waals surface area (Å²) < 4.78 is 0. The highest BCUT2D eigenvalue weighted by molar-refractivity contribution is 6.06. The maximum absolute atomic E-state index is 13.2. The molecular weight excluding hydrogens is 294 g/mol. The van der Waals surface area contributed by atoms with Crippen LogP contribution in [0.15, 0.2) is 84.5 Å². The maximum Gasteiger partial charge on any atom is 0.186 e. The van der Waals surface area contributed by atoms with E-state index in [2.05, 4.69) is 25.7 Å². The largest absolute Gasteiger partial charge is 0.327 e. The lowest BCUT2D eigenvalue weighted by molar-refractivity contribution is -0.116. The second-order valence-electron chi connectivity index (χ2n) is 7.07. The van der Waals surface area contributed by atoms with Crippen molar-refractivity contribution in [2.75, 3.05) is 4.90 Å². The van der Waals surface area contributed by atoms with Gasteiger partial charge < -0.3 is 4.90 Å². The Labute approximate surface area is 144 Å². The van der Waals surface area contributed by atoms with Crippen LogP contribution in [0.4, 0.5) is 11.4 Å². The number of Topliss-reactive ketones (excluding diaryl/α,β-unsaturated/α-hetero) is 1. The third kappa shape index (κ3) is 3.18. The topological polar surface area (TPSA) is 20.3 Å². The Bertz CT molecular complexity index is 727. The minimum Gasteiger partial charge on any atom is -0.327 e. The van der Waals surface area contributed by atoms with Gasteiger partial charge in [0, 0.05) is 16.9 Å². The molecule has 0 saturated heterocycles. The number of para-hydroxylation sites is 2. The van der Waals surface area contributed by atoms with Gasteiger partial charge in [-0.25, -0.2) is 0 Å². The number of hydrogen-bond acceptors (Lipinski definition) is 2. The summed E-state index contributed by atoms with van der Waals surface area (Å²) in [6.07, 6.45) is 5.94. The van der Waals surface area contributed by atoms with E-state index in [1.165, 1.54) is 0 Å². The zero-order chi connectivity index (χ0) is 17.2. The van der Waals surface area contributed by atoms with Gasteiger partial charge in [-0.2, -0.15) is 0 Å². The normalized spacial score (nSPS) is 17.5. The lowest BCUT2D eigenvalue weighted by Gasteiger charge is -2.35. The molecule has 0 spiro atoms. The Hall–Kier alpha value is -2.61. The molecule has 0 heterocycles. The van der Waals surface area contributed by atoms with Crippen molar-refractivity contribution >= 4 is 17.2 Å². The molecule has 0 aromatic heterocycles. The summed E-state index contributed by atoms with van der Waals surface area (Å²) in [5.74, 6) is 0.165. The average Bonchev–Trinajstić information content (AvgIpc) is 2.58. The van der Waals surface area contributed by atoms with E-state index < -0.39 is 0 Å². The van der Waals surface area contributed by atoms with Gasteiger partial charge in [0.25, 0.3) is 0 Å². The molecule has 0 fully saturated rings. The highest BCUT2D eigenvalue weighted by Crippen LogP contribution is 2.35. The molecule has 1 aliphatic carbocycles. The maximum atomic E-state index is 13.2. The first-order chi connectivity index (χ1) is 11.5. The Balaban J connectivity index is 2.06. The first-order valence-electron chi connectivity index (χ1n) is 8.31. The van der Waals surface area contributed by atoms with Gasteiger partial charge in [0.05, 0.1) is 0 Å². The van der Waals surface area contributed by atoms with Crippen molar-refractivity contribution in [3.8, 4) is 0 Å². The van der Waals surface area contributed by atoms with Crippen molar-refractivity contribution in [1.82, 2.24) is 0 Å². The SMILES string of the molecule is CC(C)(C)C1=CC=CC(N(c2ccccc2)c2ccccc2)C1=O. The molecule has 2 heteroatoms. The Morgan fingerprint density at radius 3 is 1.79 bits per heavy atom. The van der Waals surface area contributed by atoms with Crippen LogP contribution >= 0.6 is 0 Å². The standard InChI is InChI=1S/C22H23NO/c1-22(2,3)19-15-10-16-20(21(19)24)23(17-11-6-4-7-12-17)18-13-8-5-9-14-18/h4-16,20H,1-3H3. The molecular formula is C22H23NO. The molecule has 0 amide bonds. The number of ketones is 1. The lowest BCUT2D eigenvalue weighted by Crippen LogP contribution is -2.40. The molecule has 24 heavy (non-hydrogen) atoms.